The average molecular weight is 331 g/mol. The monoisotopic (exact) mass is 331 g/mol. The Hall–Kier alpha value is -2.23. The van der Waals surface area contributed by atoms with E-state index in [9.17, 15) is 14.9 Å². The molecule has 0 bridgehead atoms. The molecule has 0 fully saturated rings. The van der Waals surface area contributed by atoms with Gasteiger partial charge in [-0.15, -0.1) is 0 Å². The van der Waals surface area contributed by atoms with Gasteiger partial charge in [-0.2, -0.15) is 0 Å². The molecule has 0 heterocycles. The Morgan fingerprint density at radius 1 is 0.875 bits per heavy atom. The van der Waals surface area contributed by atoms with Gasteiger partial charge in [-0.3, -0.25) is 10.1 Å². The molecule has 0 saturated heterocycles. The SMILES string of the molecule is CC/C=C\C/C(=C\C/C=C\C/C=C\C/C=C\CCCC=O)[N+](=O)[O-]. The summed E-state index contributed by atoms with van der Waals surface area (Å²) >= 11 is 0. The number of allylic oxidation sites excluding steroid dienone is 9. The Bertz CT molecular complexity index is 485. The number of rotatable bonds is 14. The Morgan fingerprint density at radius 3 is 2.08 bits per heavy atom. The van der Waals surface area contributed by atoms with Crippen molar-refractivity contribution >= 4 is 6.29 Å². The molecular weight excluding hydrogens is 302 g/mol. The van der Waals surface area contributed by atoms with Crippen molar-refractivity contribution in [1.29, 1.82) is 0 Å². The van der Waals surface area contributed by atoms with Crippen molar-refractivity contribution in [2.24, 2.45) is 0 Å². The van der Waals surface area contributed by atoms with Crippen molar-refractivity contribution in [1.82, 2.24) is 0 Å². The largest absolute Gasteiger partial charge is 0.303 e. The first-order valence-corrected chi connectivity index (χ1v) is 8.59. The van der Waals surface area contributed by atoms with Gasteiger partial charge in [0, 0.05) is 6.42 Å². The molecule has 0 radical (unpaired) electrons. The molecule has 0 spiro atoms. The minimum atomic E-state index is -0.310. The molecule has 0 saturated carbocycles. The van der Waals surface area contributed by atoms with Crippen LogP contribution in [0.25, 0.3) is 0 Å². The maximum atomic E-state index is 10.9. The average Bonchev–Trinajstić information content (AvgIpc) is 2.57. The molecule has 0 amide bonds. The summed E-state index contributed by atoms with van der Waals surface area (Å²) in [5, 5.41) is 10.9. The van der Waals surface area contributed by atoms with Gasteiger partial charge in [-0.05, 0) is 44.6 Å². The van der Waals surface area contributed by atoms with Crippen molar-refractivity contribution in [3.05, 3.63) is 70.5 Å². The minimum absolute atomic E-state index is 0.250. The molecule has 132 valence electrons. The van der Waals surface area contributed by atoms with Gasteiger partial charge in [0.05, 0.1) is 11.3 Å². The molecule has 0 aromatic carbocycles. The molecule has 0 aromatic rings. The van der Waals surface area contributed by atoms with Crippen LogP contribution in [0, 0.1) is 10.1 Å². The Labute approximate surface area is 145 Å². The van der Waals surface area contributed by atoms with E-state index in [1.54, 1.807) is 6.08 Å². The van der Waals surface area contributed by atoms with Gasteiger partial charge in [0.25, 0.3) is 0 Å². The lowest BCUT2D eigenvalue weighted by Gasteiger charge is -1.93. The first kappa shape index (κ1) is 21.8. The fourth-order valence-corrected chi connectivity index (χ4v) is 1.88. The zero-order valence-electron chi connectivity index (χ0n) is 14.6. The first-order valence-electron chi connectivity index (χ1n) is 8.59. The van der Waals surface area contributed by atoms with Crippen LogP contribution in [0.1, 0.15) is 58.3 Å². The number of nitro groups is 1. The van der Waals surface area contributed by atoms with Crippen LogP contribution in [0.15, 0.2) is 60.4 Å². The molecule has 0 atom stereocenters. The standard InChI is InChI=1S/C20H29NO3/c1-2-3-14-17-20(21(23)24)18-15-12-10-8-6-4-5-7-9-11-13-16-19-22/h3-4,6-7,9-10,12,14,18-19H,2,5,8,11,13,15-17H2,1H3/b6-4-,9-7-,12-10-,14-3-,20-18+. The zero-order valence-corrected chi connectivity index (χ0v) is 14.6. The summed E-state index contributed by atoms with van der Waals surface area (Å²) in [4.78, 5) is 20.7. The van der Waals surface area contributed by atoms with E-state index in [2.05, 4.69) is 24.3 Å². The molecule has 0 aliphatic heterocycles. The third-order valence-corrected chi connectivity index (χ3v) is 3.19. The smallest absolute Gasteiger partial charge is 0.246 e. The van der Waals surface area contributed by atoms with Crippen molar-refractivity contribution < 1.29 is 9.72 Å². The van der Waals surface area contributed by atoms with Gasteiger partial charge in [0.1, 0.15) is 6.29 Å². The van der Waals surface area contributed by atoms with Gasteiger partial charge in [-0.1, -0.05) is 55.5 Å². The predicted octanol–water partition coefficient (Wildman–Crippen LogP) is 5.71. The van der Waals surface area contributed by atoms with Crippen molar-refractivity contribution in [3.63, 3.8) is 0 Å². The fraction of sp³-hybridized carbons (Fsp3) is 0.450. The molecule has 0 unspecified atom stereocenters. The summed E-state index contributed by atoms with van der Waals surface area (Å²) in [6.07, 6.45) is 24.8. The Morgan fingerprint density at radius 2 is 1.50 bits per heavy atom. The van der Waals surface area contributed by atoms with Crippen LogP contribution in [0.4, 0.5) is 0 Å². The zero-order chi connectivity index (χ0) is 17.9. The highest BCUT2D eigenvalue weighted by Gasteiger charge is 2.05. The van der Waals surface area contributed by atoms with E-state index >= 15 is 0 Å². The lowest BCUT2D eigenvalue weighted by Crippen LogP contribution is -1.97. The Balaban J connectivity index is 3.91. The highest BCUT2D eigenvalue weighted by Crippen LogP contribution is 2.06. The number of aldehydes is 1. The second-order valence-electron chi connectivity index (χ2n) is 5.26. The lowest BCUT2D eigenvalue weighted by molar-refractivity contribution is -0.427. The number of hydrogen-bond donors (Lipinski definition) is 0. The number of carbonyl (C=O) groups is 1. The molecule has 0 rings (SSSR count). The van der Waals surface area contributed by atoms with E-state index in [4.69, 9.17) is 0 Å². The third kappa shape index (κ3) is 14.7. The van der Waals surface area contributed by atoms with Crippen LogP contribution >= 0.6 is 0 Å². The van der Waals surface area contributed by atoms with Crippen LogP contribution in [0.5, 0.6) is 0 Å². The minimum Gasteiger partial charge on any atom is -0.303 e. The number of unbranched alkanes of at least 4 members (excludes halogenated alkanes) is 2. The van der Waals surface area contributed by atoms with Gasteiger partial charge < -0.3 is 4.79 Å². The van der Waals surface area contributed by atoms with E-state index in [1.807, 2.05) is 31.2 Å². The first-order chi connectivity index (χ1) is 11.7. The maximum absolute atomic E-state index is 10.9. The van der Waals surface area contributed by atoms with Crippen molar-refractivity contribution in [2.45, 2.75) is 58.3 Å². The van der Waals surface area contributed by atoms with Crippen molar-refractivity contribution in [3.8, 4) is 0 Å². The summed E-state index contributed by atoms with van der Waals surface area (Å²) in [5.74, 6) is 0. The molecule has 0 aromatic heterocycles. The summed E-state index contributed by atoms with van der Waals surface area (Å²) in [6.45, 7) is 2.01. The van der Waals surface area contributed by atoms with E-state index in [1.165, 1.54) is 0 Å². The quantitative estimate of drug-likeness (QED) is 0.135. The lowest BCUT2D eigenvalue weighted by atomic mass is 10.2. The molecular formula is C20H29NO3. The molecule has 4 heteroatoms. The van der Waals surface area contributed by atoms with Gasteiger partial charge >= 0.3 is 0 Å². The van der Waals surface area contributed by atoms with Gasteiger partial charge in [0.2, 0.25) is 5.70 Å². The highest BCUT2D eigenvalue weighted by molar-refractivity contribution is 5.49. The topological polar surface area (TPSA) is 60.2 Å². The van der Waals surface area contributed by atoms with Crippen LogP contribution in [0.3, 0.4) is 0 Å². The summed E-state index contributed by atoms with van der Waals surface area (Å²) in [7, 11) is 0. The van der Waals surface area contributed by atoms with E-state index in [-0.39, 0.29) is 10.6 Å². The summed E-state index contributed by atoms with van der Waals surface area (Å²) in [5.41, 5.74) is 0.250. The van der Waals surface area contributed by atoms with E-state index in [0.29, 0.717) is 19.3 Å². The number of nitrogens with zero attached hydrogens (tertiary/aromatic N) is 1. The fourth-order valence-electron chi connectivity index (χ4n) is 1.88. The third-order valence-electron chi connectivity index (χ3n) is 3.19. The highest BCUT2D eigenvalue weighted by atomic mass is 16.6. The molecule has 0 N–H and O–H groups in total. The summed E-state index contributed by atoms with van der Waals surface area (Å²) in [6, 6.07) is 0. The van der Waals surface area contributed by atoms with Gasteiger partial charge in [0.15, 0.2) is 0 Å². The molecule has 24 heavy (non-hydrogen) atoms. The summed E-state index contributed by atoms with van der Waals surface area (Å²) < 4.78 is 0. The van der Waals surface area contributed by atoms with E-state index in [0.717, 1.165) is 38.4 Å². The van der Waals surface area contributed by atoms with Crippen molar-refractivity contribution in [2.75, 3.05) is 0 Å². The maximum Gasteiger partial charge on any atom is 0.246 e. The van der Waals surface area contributed by atoms with Crippen LogP contribution in [0.2, 0.25) is 0 Å². The Kier molecular flexibility index (Phi) is 15.5. The van der Waals surface area contributed by atoms with Crippen LogP contribution in [-0.4, -0.2) is 11.2 Å². The molecule has 0 aliphatic rings. The van der Waals surface area contributed by atoms with Gasteiger partial charge in [-0.25, -0.2) is 0 Å². The number of hydrogen-bond acceptors (Lipinski definition) is 3. The molecule has 4 nitrogen and oxygen atoms in total. The van der Waals surface area contributed by atoms with Crippen LogP contribution in [-0.2, 0) is 4.79 Å². The van der Waals surface area contributed by atoms with E-state index < -0.39 is 0 Å². The second kappa shape index (κ2) is 17.1. The predicted molar refractivity (Wildman–Crippen MR) is 100 cm³/mol. The number of carbonyl (C=O) groups excluding carboxylic acids is 1. The normalized spacial score (nSPS) is 13.0. The van der Waals surface area contributed by atoms with Crippen LogP contribution < -0.4 is 0 Å². The second-order valence-corrected chi connectivity index (χ2v) is 5.26. The molecule has 0 aliphatic carbocycles.